The Morgan fingerprint density at radius 1 is 1.39 bits per heavy atom. The average Bonchev–Trinajstić information content (AvgIpc) is 2.86. The first-order valence-corrected chi connectivity index (χ1v) is 5.54. The van der Waals surface area contributed by atoms with Gasteiger partial charge >= 0.3 is 11.8 Å². The van der Waals surface area contributed by atoms with E-state index in [9.17, 15) is 9.18 Å². The third-order valence-corrected chi connectivity index (χ3v) is 2.34. The van der Waals surface area contributed by atoms with Crippen LogP contribution in [-0.4, -0.2) is 16.0 Å². The first-order valence-electron chi connectivity index (χ1n) is 5.54. The number of nitrogens with zero attached hydrogens (tertiary/aromatic N) is 2. The molecule has 0 saturated carbocycles. The number of amides is 1. The van der Waals surface area contributed by atoms with E-state index in [1.54, 1.807) is 12.1 Å². The molecule has 1 aromatic heterocycles. The summed E-state index contributed by atoms with van der Waals surface area (Å²) in [5.41, 5.74) is 0.792. The minimum Gasteiger partial charge on any atom is -0.344 e. The molecule has 0 bridgehead atoms. The molecule has 1 amide bonds. The molecule has 0 radical (unpaired) electrons. The second-order valence-corrected chi connectivity index (χ2v) is 3.68. The van der Waals surface area contributed by atoms with Crippen LogP contribution in [0.2, 0.25) is 0 Å². The molecule has 2 aromatic rings. The minimum atomic E-state index is -0.438. The van der Waals surface area contributed by atoms with Crippen molar-refractivity contribution in [3.63, 3.8) is 0 Å². The number of nitrogens with one attached hydrogen (secondary N) is 1. The Bertz CT molecular complexity index is 537. The van der Waals surface area contributed by atoms with Crippen molar-refractivity contribution in [3.05, 3.63) is 47.4 Å². The van der Waals surface area contributed by atoms with E-state index in [2.05, 4.69) is 15.5 Å². The van der Waals surface area contributed by atoms with Crippen molar-refractivity contribution in [2.45, 2.75) is 19.9 Å². The molecule has 0 aliphatic rings. The zero-order valence-corrected chi connectivity index (χ0v) is 9.81. The number of aromatic nitrogens is 2. The Kier molecular flexibility index (Phi) is 3.66. The Labute approximate surface area is 103 Å². The van der Waals surface area contributed by atoms with Gasteiger partial charge < -0.3 is 9.84 Å². The summed E-state index contributed by atoms with van der Waals surface area (Å²) in [4.78, 5) is 15.5. The molecule has 0 saturated heterocycles. The Morgan fingerprint density at radius 3 is 2.72 bits per heavy atom. The third-order valence-electron chi connectivity index (χ3n) is 2.34. The SMILES string of the molecule is CCc1noc(C(=O)NCc2ccc(F)cc2)n1. The summed E-state index contributed by atoms with van der Waals surface area (Å²) < 4.78 is 17.5. The van der Waals surface area contributed by atoms with E-state index in [-0.39, 0.29) is 18.3 Å². The van der Waals surface area contributed by atoms with Crippen molar-refractivity contribution in [1.29, 1.82) is 0 Å². The van der Waals surface area contributed by atoms with Crippen molar-refractivity contribution in [2.24, 2.45) is 0 Å². The molecule has 1 heterocycles. The number of hydrogen-bond donors (Lipinski definition) is 1. The molecule has 0 atom stereocenters. The standard InChI is InChI=1S/C12H12FN3O2/c1-2-10-15-12(18-16-10)11(17)14-7-8-3-5-9(13)6-4-8/h3-6H,2,7H2,1H3,(H,14,17). The van der Waals surface area contributed by atoms with Crippen LogP contribution in [0.1, 0.15) is 29.0 Å². The van der Waals surface area contributed by atoms with Gasteiger partial charge in [0.2, 0.25) is 0 Å². The van der Waals surface area contributed by atoms with Gasteiger partial charge in [0.25, 0.3) is 0 Å². The largest absolute Gasteiger partial charge is 0.344 e. The summed E-state index contributed by atoms with van der Waals surface area (Å²) in [6.45, 7) is 2.15. The monoisotopic (exact) mass is 249 g/mol. The molecule has 1 N–H and O–H groups in total. The first kappa shape index (κ1) is 12.2. The summed E-state index contributed by atoms with van der Waals surface area (Å²) in [5, 5.41) is 6.24. The van der Waals surface area contributed by atoms with E-state index >= 15 is 0 Å². The highest BCUT2D eigenvalue weighted by Crippen LogP contribution is 2.03. The number of carbonyl (C=O) groups excluding carboxylic acids is 1. The summed E-state index contributed by atoms with van der Waals surface area (Å²) in [6.07, 6.45) is 0.606. The lowest BCUT2D eigenvalue weighted by Gasteiger charge is -2.01. The maximum atomic E-state index is 12.7. The first-order chi connectivity index (χ1) is 8.69. The van der Waals surface area contributed by atoms with Crippen molar-refractivity contribution in [1.82, 2.24) is 15.5 Å². The molecule has 0 aliphatic carbocycles. The fraction of sp³-hybridized carbons (Fsp3) is 0.250. The number of halogens is 1. The van der Waals surface area contributed by atoms with Gasteiger partial charge in [-0.3, -0.25) is 4.79 Å². The van der Waals surface area contributed by atoms with Gasteiger partial charge in [-0.25, -0.2) is 4.39 Å². The number of aryl methyl sites for hydroxylation is 1. The van der Waals surface area contributed by atoms with E-state index in [0.29, 0.717) is 12.2 Å². The molecule has 1 aromatic carbocycles. The molecule has 0 aliphatic heterocycles. The second kappa shape index (κ2) is 5.39. The highest BCUT2D eigenvalue weighted by molar-refractivity contribution is 5.89. The van der Waals surface area contributed by atoms with Crippen molar-refractivity contribution in [2.75, 3.05) is 0 Å². The van der Waals surface area contributed by atoms with Crippen LogP contribution in [0.4, 0.5) is 4.39 Å². The highest BCUT2D eigenvalue weighted by atomic mass is 19.1. The van der Waals surface area contributed by atoms with Gasteiger partial charge in [0.15, 0.2) is 5.82 Å². The van der Waals surface area contributed by atoms with Crippen LogP contribution in [0.25, 0.3) is 0 Å². The van der Waals surface area contributed by atoms with E-state index in [1.165, 1.54) is 12.1 Å². The average molecular weight is 249 g/mol. The predicted octanol–water partition coefficient (Wildman–Crippen LogP) is 1.70. The molecule has 18 heavy (non-hydrogen) atoms. The number of benzene rings is 1. The maximum Gasteiger partial charge on any atom is 0.315 e. The van der Waals surface area contributed by atoms with E-state index in [1.807, 2.05) is 6.92 Å². The Morgan fingerprint density at radius 2 is 2.11 bits per heavy atom. The molecule has 0 fully saturated rings. The molecule has 2 rings (SSSR count). The number of rotatable bonds is 4. The van der Waals surface area contributed by atoms with Gasteiger partial charge in [-0.1, -0.05) is 24.2 Å². The molecule has 0 unspecified atom stereocenters. The van der Waals surface area contributed by atoms with Gasteiger partial charge in [-0.15, -0.1) is 0 Å². The van der Waals surface area contributed by atoms with Gasteiger partial charge in [-0.05, 0) is 17.7 Å². The molecule has 94 valence electrons. The zero-order chi connectivity index (χ0) is 13.0. The number of carbonyl (C=O) groups is 1. The third kappa shape index (κ3) is 2.91. The molecule has 0 spiro atoms. The van der Waals surface area contributed by atoms with Gasteiger partial charge in [0, 0.05) is 13.0 Å². The van der Waals surface area contributed by atoms with Gasteiger partial charge in [0.05, 0.1) is 0 Å². The minimum absolute atomic E-state index is 0.0611. The lowest BCUT2D eigenvalue weighted by Crippen LogP contribution is -2.23. The lowest BCUT2D eigenvalue weighted by atomic mass is 10.2. The highest BCUT2D eigenvalue weighted by Gasteiger charge is 2.13. The van der Waals surface area contributed by atoms with E-state index in [0.717, 1.165) is 5.56 Å². The van der Waals surface area contributed by atoms with Crippen LogP contribution in [0.15, 0.2) is 28.8 Å². The lowest BCUT2D eigenvalue weighted by molar-refractivity contribution is 0.0907. The van der Waals surface area contributed by atoms with Crippen molar-refractivity contribution >= 4 is 5.91 Å². The Hall–Kier alpha value is -2.24. The topological polar surface area (TPSA) is 68.0 Å². The van der Waals surface area contributed by atoms with Crippen LogP contribution < -0.4 is 5.32 Å². The van der Waals surface area contributed by atoms with Gasteiger partial charge in [-0.2, -0.15) is 4.98 Å². The van der Waals surface area contributed by atoms with Crippen LogP contribution in [-0.2, 0) is 13.0 Å². The zero-order valence-electron chi connectivity index (χ0n) is 9.81. The smallest absolute Gasteiger partial charge is 0.315 e. The normalized spacial score (nSPS) is 10.3. The summed E-state index contributed by atoms with van der Waals surface area (Å²) in [5.74, 6) is -0.322. The fourth-order valence-electron chi connectivity index (χ4n) is 1.35. The van der Waals surface area contributed by atoms with Crippen LogP contribution >= 0.6 is 0 Å². The number of hydrogen-bond acceptors (Lipinski definition) is 4. The summed E-state index contributed by atoms with van der Waals surface area (Å²) in [6, 6.07) is 5.87. The van der Waals surface area contributed by atoms with Crippen LogP contribution in [0.3, 0.4) is 0 Å². The molecular formula is C12H12FN3O2. The molecule has 5 nitrogen and oxygen atoms in total. The van der Waals surface area contributed by atoms with Crippen molar-refractivity contribution < 1.29 is 13.7 Å². The summed E-state index contributed by atoms with van der Waals surface area (Å²) in [7, 11) is 0. The van der Waals surface area contributed by atoms with Crippen LogP contribution in [0.5, 0.6) is 0 Å². The van der Waals surface area contributed by atoms with Gasteiger partial charge in [0.1, 0.15) is 5.82 Å². The van der Waals surface area contributed by atoms with Crippen LogP contribution in [0, 0.1) is 5.82 Å². The van der Waals surface area contributed by atoms with E-state index < -0.39 is 5.91 Å². The molecular weight excluding hydrogens is 237 g/mol. The summed E-state index contributed by atoms with van der Waals surface area (Å²) >= 11 is 0. The fourth-order valence-corrected chi connectivity index (χ4v) is 1.35. The van der Waals surface area contributed by atoms with E-state index in [4.69, 9.17) is 4.52 Å². The second-order valence-electron chi connectivity index (χ2n) is 3.68. The predicted molar refractivity (Wildman–Crippen MR) is 61.2 cm³/mol. The molecule has 6 heteroatoms. The maximum absolute atomic E-state index is 12.7. The Balaban J connectivity index is 1.93. The quantitative estimate of drug-likeness (QED) is 0.895. The van der Waals surface area contributed by atoms with Crippen molar-refractivity contribution in [3.8, 4) is 0 Å².